The molecule has 1 aromatic heterocycles. The monoisotopic (exact) mass is 284 g/mol. The van der Waals surface area contributed by atoms with Gasteiger partial charge >= 0.3 is 0 Å². The van der Waals surface area contributed by atoms with Crippen molar-refractivity contribution in [3.05, 3.63) is 10.7 Å². The Morgan fingerprint density at radius 3 is 2.94 bits per heavy atom. The van der Waals surface area contributed by atoms with Crippen molar-refractivity contribution in [3.63, 3.8) is 0 Å². The minimum absolute atomic E-state index is 0.454. The summed E-state index contributed by atoms with van der Waals surface area (Å²) in [4.78, 5) is 10.4. The molecule has 0 saturated carbocycles. The molecule has 0 saturated heterocycles. The third kappa shape index (κ3) is 3.07. The number of halogens is 1. The molecule has 0 aliphatic heterocycles. The van der Waals surface area contributed by atoms with E-state index in [-0.39, 0.29) is 0 Å². The zero-order valence-corrected chi connectivity index (χ0v) is 10.9. The van der Waals surface area contributed by atoms with Crippen LogP contribution in [0.5, 0.6) is 5.88 Å². The smallest absolute Gasteiger partial charge is 0.232 e. The second-order valence-corrected chi connectivity index (χ2v) is 3.87. The molecule has 0 aromatic carbocycles. The van der Waals surface area contributed by atoms with Crippen LogP contribution in [0.2, 0.25) is 0 Å². The van der Waals surface area contributed by atoms with Crippen molar-refractivity contribution in [3.8, 4) is 11.9 Å². The Labute approximate surface area is 103 Å². The molecule has 6 heteroatoms. The van der Waals surface area contributed by atoms with Crippen molar-refractivity contribution in [2.75, 3.05) is 25.1 Å². The van der Waals surface area contributed by atoms with E-state index in [1.807, 2.05) is 11.8 Å². The van der Waals surface area contributed by atoms with E-state index in [4.69, 9.17) is 10.00 Å². The lowest BCUT2D eigenvalue weighted by atomic mass is 10.4. The van der Waals surface area contributed by atoms with Gasteiger partial charge in [-0.2, -0.15) is 10.2 Å². The fourth-order valence-electron chi connectivity index (χ4n) is 1.22. The Balaban J connectivity index is 2.88. The number of ether oxygens (including phenoxy) is 1. The molecule has 0 aliphatic carbocycles. The second kappa shape index (κ2) is 6.28. The molecule has 0 amide bonds. The van der Waals surface area contributed by atoms with Crippen LogP contribution in [0, 0.1) is 11.3 Å². The number of hydrogen-bond acceptors (Lipinski definition) is 5. The lowest BCUT2D eigenvalue weighted by Gasteiger charge is -2.19. The van der Waals surface area contributed by atoms with Gasteiger partial charge in [0.2, 0.25) is 11.8 Å². The van der Waals surface area contributed by atoms with E-state index in [0.29, 0.717) is 24.8 Å². The summed E-state index contributed by atoms with van der Waals surface area (Å²) in [5.74, 6) is 1.08. The molecule has 0 bridgehead atoms. The van der Waals surface area contributed by atoms with Crippen LogP contribution in [0.25, 0.3) is 0 Å². The van der Waals surface area contributed by atoms with Gasteiger partial charge in [-0.05, 0) is 22.9 Å². The molecule has 0 radical (unpaired) electrons. The zero-order chi connectivity index (χ0) is 12.0. The van der Waals surface area contributed by atoms with Crippen molar-refractivity contribution in [2.45, 2.75) is 13.3 Å². The first-order chi connectivity index (χ1) is 7.72. The van der Waals surface area contributed by atoms with E-state index in [1.54, 1.807) is 13.3 Å². The van der Waals surface area contributed by atoms with Gasteiger partial charge in [0.1, 0.15) is 0 Å². The predicted molar refractivity (Wildman–Crippen MR) is 64.4 cm³/mol. The number of aromatic nitrogens is 2. The first kappa shape index (κ1) is 12.7. The average molecular weight is 285 g/mol. The van der Waals surface area contributed by atoms with Crippen LogP contribution < -0.4 is 9.64 Å². The highest BCUT2D eigenvalue weighted by Gasteiger charge is 2.10. The summed E-state index contributed by atoms with van der Waals surface area (Å²) < 4.78 is 5.81. The zero-order valence-electron chi connectivity index (χ0n) is 9.27. The van der Waals surface area contributed by atoms with Gasteiger partial charge < -0.3 is 9.64 Å². The van der Waals surface area contributed by atoms with Crippen LogP contribution in [-0.4, -0.2) is 30.2 Å². The van der Waals surface area contributed by atoms with Gasteiger partial charge in [-0.15, -0.1) is 0 Å². The summed E-state index contributed by atoms with van der Waals surface area (Å²) in [5, 5.41) is 8.55. The van der Waals surface area contributed by atoms with Crippen molar-refractivity contribution in [2.24, 2.45) is 0 Å². The molecule has 1 heterocycles. The number of hydrogen-bond donors (Lipinski definition) is 0. The number of methoxy groups -OCH3 is 1. The highest BCUT2D eigenvalue weighted by atomic mass is 79.9. The maximum atomic E-state index is 8.55. The molecule has 1 rings (SSSR count). The normalized spacial score (nSPS) is 9.62. The summed E-state index contributed by atoms with van der Waals surface area (Å²) in [6.07, 6.45) is 2.10. The van der Waals surface area contributed by atoms with Crippen LogP contribution in [-0.2, 0) is 0 Å². The molecule has 0 N–H and O–H groups in total. The van der Waals surface area contributed by atoms with Gasteiger partial charge in [0.15, 0.2) is 0 Å². The topological polar surface area (TPSA) is 62.0 Å². The predicted octanol–water partition coefficient (Wildman–Crippen LogP) is 1.99. The van der Waals surface area contributed by atoms with E-state index in [0.717, 1.165) is 11.0 Å². The Bertz CT molecular complexity index is 391. The molecule has 5 nitrogen and oxygen atoms in total. The fourth-order valence-corrected chi connectivity index (χ4v) is 1.58. The molecular weight excluding hydrogens is 272 g/mol. The summed E-state index contributed by atoms with van der Waals surface area (Å²) >= 11 is 3.29. The van der Waals surface area contributed by atoms with Crippen LogP contribution in [0.4, 0.5) is 5.95 Å². The summed E-state index contributed by atoms with van der Waals surface area (Å²) in [5.41, 5.74) is 0. The molecule has 0 fully saturated rings. The maximum Gasteiger partial charge on any atom is 0.232 e. The van der Waals surface area contributed by atoms with E-state index in [1.165, 1.54) is 0 Å². The van der Waals surface area contributed by atoms with Gasteiger partial charge in [-0.1, -0.05) is 0 Å². The fraction of sp³-hybridized carbons (Fsp3) is 0.500. The van der Waals surface area contributed by atoms with Gasteiger partial charge in [0.25, 0.3) is 0 Å². The Morgan fingerprint density at radius 2 is 2.38 bits per heavy atom. The second-order valence-electron chi connectivity index (χ2n) is 3.01. The molecule has 1 aromatic rings. The van der Waals surface area contributed by atoms with Gasteiger partial charge in [0.05, 0.1) is 30.3 Å². The Hall–Kier alpha value is -1.35. The molecule has 0 unspecified atom stereocenters. The average Bonchev–Trinajstić information content (AvgIpc) is 2.32. The van der Waals surface area contributed by atoms with Gasteiger partial charge in [-0.3, -0.25) is 0 Å². The van der Waals surface area contributed by atoms with Crippen LogP contribution in [0.1, 0.15) is 13.3 Å². The summed E-state index contributed by atoms with van der Waals surface area (Å²) in [6.45, 7) is 3.37. The number of rotatable bonds is 5. The van der Waals surface area contributed by atoms with Crippen LogP contribution >= 0.6 is 15.9 Å². The highest BCUT2D eigenvalue weighted by Crippen LogP contribution is 2.23. The lowest BCUT2D eigenvalue weighted by molar-refractivity contribution is 0.393. The molecule has 0 spiro atoms. The SMILES string of the molecule is CCN(CCC#N)c1ncc(Br)c(OC)n1. The maximum absolute atomic E-state index is 8.55. The largest absolute Gasteiger partial charge is 0.480 e. The molecule has 0 aliphatic rings. The van der Waals surface area contributed by atoms with E-state index >= 15 is 0 Å². The highest BCUT2D eigenvalue weighted by molar-refractivity contribution is 9.10. The standard InChI is InChI=1S/C10H13BrN4O/c1-3-15(6-4-5-12)10-13-7-8(11)9(14-10)16-2/h7H,3-4,6H2,1-2H3. The molecular formula is C10H13BrN4O. The number of nitriles is 1. The molecule has 16 heavy (non-hydrogen) atoms. The van der Waals surface area contributed by atoms with Crippen LogP contribution in [0.15, 0.2) is 10.7 Å². The minimum Gasteiger partial charge on any atom is -0.480 e. The van der Waals surface area contributed by atoms with Crippen molar-refractivity contribution in [1.29, 1.82) is 5.26 Å². The summed E-state index contributed by atoms with van der Waals surface area (Å²) in [7, 11) is 1.56. The van der Waals surface area contributed by atoms with Crippen molar-refractivity contribution >= 4 is 21.9 Å². The van der Waals surface area contributed by atoms with Crippen molar-refractivity contribution < 1.29 is 4.74 Å². The van der Waals surface area contributed by atoms with Crippen molar-refractivity contribution in [1.82, 2.24) is 9.97 Å². The number of nitrogens with zero attached hydrogens (tertiary/aromatic N) is 4. The molecule has 86 valence electrons. The van der Waals surface area contributed by atoms with E-state index in [2.05, 4.69) is 32.0 Å². The number of anilines is 1. The van der Waals surface area contributed by atoms with Gasteiger partial charge in [0, 0.05) is 13.1 Å². The quantitative estimate of drug-likeness (QED) is 0.828. The van der Waals surface area contributed by atoms with E-state index < -0.39 is 0 Å². The van der Waals surface area contributed by atoms with Gasteiger partial charge in [-0.25, -0.2) is 4.98 Å². The summed E-state index contributed by atoms with van der Waals surface area (Å²) in [6, 6.07) is 2.10. The first-order valence-corrected chi connectivity index (χ1v) is 5.70. The Kier molecular flexibility index (Phi) is 4.99. The molecule has 0 atom stereocenters. The minimum atomic E-state index is 0.454. The van der Waals surface area contributed by atoms with E-state index in [9.17, 15) is 0 Å². The first-order valence-electron chi connectivity index (χ1n) is 4.91. The lowest BCUT2D eigenvalue weighted by Crippen LogP contribution is -2.25. The third-order valence-electron chi connectivity index (χ3n) is 2.05. The van der Waals surface area contributed by atoms with Crippen LogP contribution in [0.3, 0.4) is 0 Å². The Morgan fingerprint density at radius 1 is 1.62 bits per heavy atom. The third-order valence-corrected chi connectivity index (χ3v) is 2.59.